The Morgan fingerprint density at radius 1 is 0.609 bits per heavy atom. The van der Waals surface area contributed by atoms with Crippen molar-refractivity contribution in [1.29, 1.82) is 0 Å². The third-order valence-electron chi connectivity index (χ3n) is 8.79. The third kappa shape index (κ3) is 5.50. The molecule has 0 amide bonds. The van der Waals surface area contributed by atoms with Gasteiger partial charge in [-0.25, -0.2) is 23.9 Å². The van der Waals surface area contributed by atoms with Crippen molar-refractivity contribution >= 4 is 11.9 Å². The number of fused-ring (bicyclic) bond motifs is 2. The van der Waals surface area contributed by atoms with Crippen LogP contribution >= 0.6 is 0 Å². The molecule has 0 aliphatic heterocycles. The van der Waals surface area contributed by atoms with Gasteiger partial charge in [0.2, 0.25) is 0 Å². The third-order valence-corrected chi connectivity index (χ3v) is 8.79. The molecule has 2 aliphatic carbocycles. The predicted molar refractivity (Wildman–Crippen MR) is 175 cm³/mol. The largest absolute Gasteiger partial charge is 0.462 e. The van der Waals surface area contributed by atoms with Crippen LogP contribution in [0.3, 0.4) is 0 Å². The first-order valence-corrected chi connectivity index (χ1v) is 16.3. The first-order chi connectivity index (χ1) is 22.6. The van der Waals surface area contributed by atoms with Gasteiger partial charge >= 0.3 is 11.9 Å². The van der Waals surface area contributed by atoms with E-state index in [1.165, 1.54) is 11.1 Å². The van der Waals surface area contributed by atoms with Gasteiger partial charge in [-0.1, -0.05) is 6.07 Å². The Bertz CT molecular complexity index is 1770. The molecule has 234 valence electrons. The summed E-state index contributed by atoms with van der Waals surface area (Å²) in [7, 11) is 0. The van der Waals surface area contributed by atoms with Gasteiger partial charge in [0, 0.05) is 11.1 Å². The molecule has 9 nitrogen and oxygen atoms in total. The SMILES string of the molecule is CCOC(=O)c1ccc(-n2nc3c(c2-c2cccc(-c4c5c(nn4-c4ccc(C(=O)OCC)cc4)CCCC5)n2)CCCC3)cc1. The van der Waals surface area contributed by atoms with E-state index >= 15 is 0 Å². The first-order valence-electron chi connectivity index (χ1n) is 16.3. The van der Waals surface area contributed by atoms with Gasteiger partial charge in [0.1, 0.15) is 0 Å². The minimum atomic E-state index is -0.334. The lowest BCUT2D eigenvalue weighted by molar-refractivity contribution is 0.0516. The number of pyridine rings is 1. The first kappa shape index (κ1) is 29.6. The smallest absolute Gasteiger partial charge is 0.338 e. The Hall–Kier alpha value is -5.05. The van der Waals surface area contributed by atoms with E-state index in [9.17, 15) is 9.59 Å². The van der Waals surface area contributed by atoms with E-state index in [-0.39, 0.29) is 11.9 Å². The van der Waals surface area contributed by atoms with Gasteiger partial charge in [-0.05, 0) is 126 Å². The lowest BCUT2D eigenvalue weighted by Gasteiger charge is -2.15. The number of aryl methyl sites for hydroxylation is 2. The lowest BCUT2D eigenvalue weighted by Crippen LogP contribution is -2.07. The van der Waals surface area contributed by atoms with E-state index in [0.29, 0.717) is 24.3 Å². The van der Waals surface area contributed by atoms with Crippen molar-refractivity contribution in [1.82, 2.24) is 24.5 Å². The van der Waals surface area contributed by atoms with Gasteiger partial charge in [-0.15, -0.1) is 0 Å². The van der Waals surface area contributed by atoms with Gasteiger partial charge in [-0.2, -0.15) is 10.2 Å². The molecule has 0 atom stereocenters. The van der Waals surface area contributed by atoms with E-state index in [4.69, 9.17) is 24.7 Å². The molecular formula is C37H37N5O4. The fourth-order valence-electron chi connectivity index (χ4n) is 6.61. The van der Waals surface area contributed by atoms with Crippen LogP contribution in [0.1, 0.15) is 82.8 Å². The van der Waals surface area contributed by atoms with Crippen molar-refractivity contribution in [2.24, 2.45) is 0 Å². The van der Waals surface area contributed by atoms with Gasteiger partial charge in [0.05, 0.1) is 69.9 Å². The summed E-state index contributed by atoms with van der Waals surface area (Å²) in [6, 6.07) is 21.0. The maximum Gasteiger partial charge on any atom is 0.338 e. The van der Waals surface area contributed by atoms with E-state index in [0.717, 1.165) is 96.9 Å². The van der Waals surface area contributed by atoms with Crippen LogP contribution in [0.15, 0.2) is 66.7 Å². The van der Waals surface area contributed by atoms with Crippen LogP contribution in [0.4, 0.5) is 0 Å². The molecule has 0 fully saturated rings. The summed E-state index contributed by atoms with van der Waals surface area (Å²) in [5.41, 5.74) is 11.1. The van der Waals surface area contributed by atoms with E-state index in [1.807, 2.05) is 33.6 Å². The zero-order valence-electron chi connectivity index (χ0n) is 26.3. The summed E-state index contributed by atoms with van der Waals surface area (Å²) in [6.07, 6.45) is 8.17. The highest BCUT2D eigenvalue weighted by molar-refractivity contribution is 5.90. The van der Waals surface area contributed by atoms with E-state index in [1.54, 1.807) is 38.1 Å². The van der Waals surface area contributed by atoms with Crippen LogP contribution in [0, 0.1) is 0 Å². The number of esters is 2. The standard InChI is InChI=1S/C37H37N5O4/c1-3-45-36(43)24-16-20-26(21-17-24)41-34(28-10-5-7-12-30(28)39-41)32-14-9-15-33(38-32)35-29-11-6-8-13-31(29)40-42(35)27-22-18-25(19-23-27)37(44)46-4-2/h9,14-23H,3-8,10-13H2,1-2H3. The number of hydrogen-bond acceptors (Lipinski definition) is 7. The second kappa shape index (κ2) is 12.7. The normalized spacial score (nSPS) is 14.0. The maximum atomic E-state index is 12.3. The zero-order chi connectivity index (χ0) is 31.6. The molecular weight excluding hydrogens is 578 g/mol. The molecule has 2 aliphatic rings. The van der Waals surface area contributed by atoms with Crippen LogP contribution in [-0.2, 0) is 35.2 Å². The molecule has 5 aromatic rings. The lowest BCUT2D eigenvalue weighted by atomic mass is 9.94. The molecule has 0 saturated heterocycles. The summed E-state index contributed by atoms with van der Waals surface area (Å²) in [6.45, 7) is 4.27. The molecule has 0 radical (unpaired) electrons. The number of benzene rings is 2. The minimum absolute atomic E-state index is 0.333. The quantitative estimate of drug-likeness (QED) is 0.175. The topological polar surface area (TPSA) is 101 Å². The highest BCUT2D eigenvalue weighted by Gasteiger charge is 2.27. The Morgan fingerprint density at radius 2 is 1.02 bits per heavy atom. The van der Waals surface area contributed by atoms with Crippen molar-refractivity contribution in [2.45, 2.75) is 65.2 Å². The van der Waals surface area contributed by atoms with Crippen LogP contribution in [-0.4, -0.2) is 49.7 Å². The summed E-state index contributed by atoms with van der Waals surface area (Å²) >= 11 is 0. The number of ether oxygens (including phenoxy) is 2. The predicted octanol–water partition coefficient (Wildman–Crippen LogP) is 6.90. The zero-order valence-corrected chi connectivity index (χ0v) is 26.3. The van der Waals surface area contributed by atoms with Crippen molar-refractivity contribution in [3.8, 4) is 34.2 Å². The number of aromatic nitrogens is 5. The number of hydrogen-bond donors (Lipinski definition) is 0. The number of carbonyl (C=O) groups is 2. The minimum Gasteiger partial charge on any atom is -0.462 e. The van der Waals surface area contributed by atoms with E-state index in [2.05, 4.69) is 18.2 Å². The van der Waals surface area contributed by atoms with Crippen molar-refractivity contribution in [2.75, 3.05) is 13.2 Å². The van der Waals surface area contributed by atoms with Crippen LogP contribution in [0.25, 0.3) is 34.2 Å². The molecule has 0 bridgehead atoms. The number of nitrogens with zero attached hydrogens (tertiary/aromatic N) is 5. The average Bonchev–Trinajstić information content (AvgIpc) is 3.68. The van der Waals surface area contributed by atoms with Crippen molar-refractivity contribution < 1.29 is 19.1 Å². The van der Waals surface area contributed by atoms with E-state index < -0.39 is 0 Å². The highest BCUT2D eigenvalue weighted by atomic mass is 16.5. The molecule has 0 spiro atoms. The van der Waals surface area contributed by atoms with Gasteiger partial charge in [0.15, 0.2) is 0 Å². The van der Waals surface area contributed by atoms with Crippen molar-refractivity contribution in [3.63, 3.8) is 0 Å². The molecule has 9 heteroatoms. The average molecular weight is 616 g/mol. The monoisotopic (exact) mass is 615 g/mol. The van der Waals surface area contributed by atoms with Crippen LogP contribution in [0.5, 0.6) is 0 Å². The second-order valence-corrected chi connectivity index (χ2v) is 11.7. The maximum absolute atomic E-state index is 12.3. The molecule has 46 heavy (non-hydrogen) atoms. The molecule has 0 N–H and O–H groups in total. The summed E-state index contributed by atoms with van der Waals surface area (Å²) in [5, 5.41) is 10.2. The molecule has 0 unspecified atom stereocenters. The Morgan fingerprint density at radius 3 is 1.43 bits per heavy atom. The fraction of sp³-hybridized carbons (Fsp3) is 0.324. The Balaban J connectivity index is 1.33. The Kier molecular flexibility index (Phi) is 8.22. The summed E-state index contributed by atoms with van der Waals surface area (Å²) < 4.78 is 14.3. The second-order valence-electron chi connectivity index (χ2n) is 11.7. The fourth-order valence-corrected chi connectivity index (χ4v) is 6.61. The van der Waals surface area contributed by atoms with Crippen LogP contribution < -0.4 is 0 Å². The van der Waals surface area contributed by atoms with Crippen molar-refractivity contribution in [3.05, 3.63) is 100 Å². The molecule has 7 rings (SSSR count). The van der Waals surface area contributed by atoms with Gasteiger partial charge < -0.3 is 9.47 Å². The van der Waals surface area contributed by atoms with Gasteiger partial charge in [0.25, 0.3) is 0 Å². The highest BCUT2D eigenvalue weighted by Crippen LogP contribution is 2.37. The number of rotatable bonds is 8. The Labute approximate surface area is 268 Å². The molecule has 0 saturated carbocycles. The molecule has 3 heterocycles. The molecule has 2 aromatic carbocycles. The number of carbonyl (C=O) groups excluding carboxylic acids is 2. The molecule has 3 aromatic heterocycles. The summed E-state index contributed by atoms with van der Waals surface area (Å²) in [4.78, 5) is 29.9. The summed E-state index contributed by atoms with van der Waals surface area (Å²) in [5.74, 6) is -0.669. The van der Waals surface area contributed by atoms with Crippen LogP contribution in [0.2, 0.25) is 0 Å². The van der Waals surface area contributed by atoms with Gasteiger partial charge in [-0.3, -0.25) is 0 Å².